The molecule has 0 radical (unpaired) electrons. The van der Waals surface area contributed by atoms with E-state index in [9.17, 15) is 9.90 Å². The largest absolute Gasteiger partial charge is 0.490 e. The van der Waals surface area contributed by atoms with Gasteiger partial charge in [0.15, 0.2) is 0 Å². The molecular weight excluding hydrogens is 204 g/mol. The zero-order chi connectivity index (χ0) is 10.8. The predicted octanol–water partition coefficient (Wildman–Crippen LogP) is 1.60. The summed E-state index contributed by atoms with van der Waals surface area (Å²) in [7, 11) is 0. The van der Waals surface area contributed by atoms with Crippen LogP contribution in [-0.2, 0) is 0 Å². The van der Waals surface area contributed by atoms with Crippen LogP contribution in [0.1, 0.15) is 23.5 Å². The summed E-state index contributed by atoms with van der Waals surface area (Å²) in [5, 5.41) is 19.6. The molecule has 1 heterocycles. The zero-order valence-electron chi connectivity index (χ0n) is 7.98. The summed E-state index contributed by atoms with van der Waals surface area (Å²) in [5.74, 6) is -0.484. The monoisotopic (exact) mass is 216 g/mol. The van der Waals surface area contributed by atoms with Crippen molar-refractivity contribution in [1.82, 2.24) is 0 Å². The lowest BCUT2D eigenvalue weighted by Crippen LogP contribution is -2.27. The van der Waals surface area contributed by atoms with Crippen molar-refractivity contribution in [3.63, 3.8) is 0 Å². The summed E-state index contributed by atoms with van der Waals surface area (Å²) in [6.45, 7) is 3.39. The van der Waals surface area contributed by atoms with Crippen molar-refractivity contribution < 1.29 is 19.7 Å². The number of hydrogen-bond donors (Lipinski definition) is 2. The van der Waals surface area contributed by atoms with E-state index in [4.69, 9.17) is 9.84 Å². The van der Waals surface area contributed by atoms with Gasteiger partial charge in [-0.1, -0.05) is 0 Å². The van der Waals surface area contributed by atoms with Gasteiger partial charge >= 0.3 is 5.97 Å². The van der Waals surface area contributed by atoms with E-state index in [0.717, 1.165) is 11.3 Å². The fourth-order valence-corrected chi connectivity index (χ4v) is 1.43. The van der Waals surface area contributed by atoms with Crippen molar-refractivity contribution in [3.8, 4) is 5.75 Å². The summed E-state index contributed by atoms with van der Waals surface area (Å²) in [6.07, 6.45) is 0. The molecule has 0 aliphatic carbocycles. The van der Waals surface area contributed by atoms with Gasteiger partial charge in [-0.3, -0.25) is 0 Å². The third kappa shape index (κ3) is 3.35. The number of carboxylic acid groups (broad SMARTS) is 1. The van der Waals surface area contributed by atoms with E-state index in [1.807, 2.05) is 0 Å². The molecule has 0 aromatic carbocycles. The summed E-state index contributed by atoms with van der Waals surface area (Å²) in [4.78, 5) is 10.8. The lowest BCUT2D eigenvalue weighted by atomic mass is 10.2. The molecule has 0 saturated heterocycles. The van der Waals surface area contributed by atoms with Gasteiger partial charge < -0.3 is 14.9 Å². The summed E-state index contributed by atoms with van der Waals surface area (Å²) in [6, 6.07) is 1.44. The number of rotatable bonds is 4. The highest BCUT2D eigenvalue weighted by Crippen LogP contribution is 2.22. The molecule has 1 rings (SSSR count). The van der Waals surface area contributed by atoms with Crippen molar-refractivity contribution in [2.45, 2.75) is 19.4 Å². The lowest BCUT2D eigenvalue weighted by molar-refractivity contribution is 0.0286. The Balaban J connectivity index is 2.56. The van der Waals surface area contributed by atoms with E-state index in [0.29, 0.717) is 5.75 Å². The van der Waals surface area contributed by atoms with Crippen molar-refractivity contribution in [1.29, 1.82) is 0 Å². The average Bonchev–Trinajstić information content (AvgIpc) is 2.47. The van der Waals surface area contributed by atoms with Crippen LogP contribution in [0.5, 0.6) is 5.75 Å². The number of ether oxygens (including phenoxy) is 1. The van der Waals surface area contributed by atoms with Crippen LogP contribution in [0.15, 0.2) is 11.4 Å². The number of hydrogen-bond acceptors (Lipinski definition) is 4. The molecule has 14 heavy (non-hydrogen) atoms. The van der Waals surface area contributed by atoms with E-state index in [1.54, 1.807) is 19.2 Å². The molecular formula is C9H12O4S. The zero-order valence-corrected chi connectivity index (χ0v) is 8.80. The maximum Gasteiger partial charge on any atom is 0.346 e. The predicted molar refractivity (Wildman–Crippen MR) is 53.1 cm³/mol. The van der Waals surface area contributed by atoms with Crippen LogP contribution in [0.4, 0.5) is 0 Å². The van der Waals surface area contributed by atoms with Gasteiger partial charge in [0.1, 0.15) is 17.2 Å². The smallest absolute Gasteiger partial charge is 0.346 e. The van der Waals surface area contributed by atoms with E-state index in [1.165, 1.54) is 6.07 Å². The van der Waals surface area contributed by atoms with Crippen LogP contribution in [0.3, 0.4) is 0 Å². The van der Waals surface area contributed by atoms with Crippen LogP contribution < -0.4 is 4.74 Å². The van der Waals surface area contributed by atoms with Gasteiger partial charge in [-0.15, -0.1) is 11.3 Å². The first-order valence-electron chi connectivity index (χ1n) is 4.05. The third-order valence-corrected chi connectivity index (χ3v) is 2.27. The van der Waals surface area contributed by atoms with Crippen molar-refractivity contribution in [2.24, 2.45) is 0 Å². The molecule has 78 valence electrons. The maximum atomic E-state index is 10.5. The third-order valence-electron chi connectivity index (χ3n) is 1.38. The molecule has 0 atom stereocenters. The highest BCUT2D eigenvalue weighted by atomic mass is 32.1. The quantitative estimate of drug-likeness (QED) is 0.802. The van der Waals surface area contributed by atoms with Gasteiger partial charge in [-0.2, -0.15) is 0 Å². The molecule has 0 spiro atoms. The Morgan fingerprint density at radius 2 is 2.29 bits per heavy atom. The SMILES string of the molecule is CC(C)(O)COc1csc(C(=O)O)c1. The molecule has 1 aromatic rings. The molecule has 1 aromatic heterocycles. The lowest BCUT2D eigenvalue weighted by Gasteiger charge is -2.16. The van der Waals surface area contributed by atoms with Gasteiger partial charge in [0.25, 0.3) is 0 Å². The molecule has 2 N–H and O–H groups in total. The fourth-order valence-electron chi connectivity index (χ4n) is 0.767. The Bertz CT molecular complexity index is 324. The molecule has 0 aliphatic heterocycles. The van der Waals surface area contributed by atoms with Gasteiger partial charge in [-0.25, -0.2) is 4.79 Å². The molecule has 0 bridgehead atoms. The van der Waals surface area contributed by atoms with Crippen LogP contribution in [0.2, 0.25) is 0 Å². The van der Waals surface area contributed by atoms with Gasteiger partial charge in [0.2, 0.25) is 0 Å². The minimum Gasteiger partial charge on any atom is -0.490 e. The van der Waals surface area contributed by atoms with Crippen molar-refractivity contribution >= 4 is 17.3 Å². The first kappa shape index (κ1) is 11.0. The number of aliphatic hydroxyl groups is 1. The fraction of sp³-hybridized carbons (Fsp3) is 0.444. The molecule has 4 nitrogen and oxygen atoms in total. The van der Waals surface area contributed by atoms with E-state index in [2.05, 4.69) is 0 Å². The Kier molecular flexibility index (Phi) is 3.13. The highest BCUT2D eigenvalue weighted by Gasteiger charge is 2.14. The van der Waals surface area contributed by atoms with Gasteiger partial charge in [0, 0.05) is 11.4 Å². The van der Waals surface area contributed by atoms with Gasteiger partial charge in [-0.05, 0) is 13.8 Å². The summed E-state index contributed by atoms with van der Waals surface area (Å²) in [5.41, 5.74) is -0.911. The standard InChI is InChI=1S/C9H12O4S/c1-9(2,12)5-13-6-3-7(8(10)11)14-4-6/h3-4,12H,5H2,1-2H3,(H,10,11). The average molecular weight is 216 g/mol. The number of carboxylic acids is 1. The first-order valence-corrected chi connectivity index (χ1v) is 4.93. The Hall–Kier alpha value is -1.07. The minimum absolute atomic E-state index is 0.142. The van der Waals surface area contributed by atoms with Gasteiger partial charge in [0.05, 0.1) is 5.60 Å². The van der Waals surface area contributed by atoms with E-state index >= 15 is 0 Å². The summed E-state index contributed by atoms with van der Waals surface area (Å²) < 4.78 is 5.20. The van der Waals surface area contributed by atoms with E-state index in [-0.39, 0.29) is 11.5 Å². The van der Waals surface area contributed by atoms with Crippen LogP contribution in [0.25, 0.3) is 0 Å². The van der Waals surface area contributed by atoms with E-state index < -0.39 is 11.6 Å². The Labute approximate surface area is 85.8 Å². The second-order valence-electron chi connectivity index (χ2n) is 3.55. The number of aromatic carboxylic acids is 1. The number of carbonyl (C=O) groups is 1. The van der Waals surface area contributed by atoms with Crippen LogP contribution in [0, 0.1) is 0 Å². The van der Waals surface area contributed by atoms with Crippen molar-refractivity contribution in [2.75, 3.05) is 6.61 Å². The Morgan fingerprint density at radius 1 is 1.64 bits per heavy atom. The first-order chi connectivity index (χ1) is 6.38. The molecule has 5 heteroatoms. The maximum absolute atomic E-state index is 10.5. The topological polar surface area (TPSA) is 66.8 Å². The molecule has 0 amide bonds. The molecule has 0 unspecified atom stereocenters. The normalized spacial score (nSPS) is 11.4. The van der Waals surface area contributed by atoms with Crippen LogP contribution >= 0.6 is 11.3 Å². The second kappa shape index (κ2) is 3.98. The summed E-state index contributed by atoms with van der Waals surface area (Å²) >= 11 is 1.10. The molecule has 0 aliphatic rings. The second-order valence-corrected chi connectivity index (χ2v) is 4.46. The minimum atomic E-state index is -0.965. The molecule has 0 saturated carbocycles. The van der Waals surface area contributed by atoms with Crippen molar-refractivity contribution in [3.05, 3.63) is 16.3 Å². The molecule has 0 fully saturated rings. The Morgan fingerprint density at radius 3 is 2.71 bits per heavy atom. The highest BCUT2D eigenvalue weighted by molar-refractivity contribution is 7.12. The number of thiophene rings is 1. The van der Waals surface area contributed by atoms with Crippen LogP contribution in [-0.4, -0.2) is 28.4 Å².